The number of aryl methyl sites for hydroxylation is 1. The summed E-state index contributed by atoms with van der Waals surface area (Å²) in [5.74, 6) is -1.70. The second-order valence-corrected chi connectivity index (χ2v) is 5.82. The van der Waals surface area contributed by atoms with Crippen LogP contribution in [0.5, 0.6) is 5.75 Å². The molecule has 0 saturated heterocycles. The number of esters is 1. The van der Waals surface area contributed by atoms with Crippen molar-refractivity contribution >= 4 is 29.2 Å². The standard InChI is InChI=1S/C19H20N2O5/c1-11-4-9-17(23)16(10-11)19(25)26-12(2)18(24)21-15-7-5-14(6-8-15)20-13(3)22/h4-10,12,23H,1-3H3,(H,20,22)(H,21,24)/t12-/m0/s1. The Kier molecular flexibility index (Phi) is 5.95. The quantitative estimate of drug-likeness (QED) is 0.715. The van der Waals surface area contributed by atoms with Crippen LogP contribution < -0.4 is 10.6 Å². The Balaban J connectivity index is 1.97. The Bertz CT molecular complexity index is 830. The molecule has 1 atom stereocenters. The number of carbonyl (C=O) groups excluding carboxylic acids is 3. The van der Waals surface area contributed by atoms with Crippen LogP contribution in [0.25, 0.3) is 0 Å². The van der Waals surface area contributed by atoms with Crippen LogP contribution in [0.15, 0.2) is 42.5 Å². The number of phenolic OH excluding ortho intramolecular Hbond substituents is 1. The summed E-state index contributed by atoms with van der Waals surface area (Å²) in [7, 11) is 0. The van der Waals surface area contributed by atoms with Crippen molar-refractivity contribution in [1.29, 1.82) is 0 Å². The van der Waals surface area contributed by atoms with Gasteiger partial charge in [-0.15, -0.1) is 0 Å². The molecule has 2 aromatic carbocycles. The highest BCUT2D eigenvalue weighted by atomic mass is 16.5. The highest BCUT2D eigenvalue weighted by molar-refractivity contribution is 5.98. The minimum Gasteiger partial charge on any atom is -0.507 e. The van der Waals surface area contributed by atoms with E-state index in [4.69, 9.17) is 4.74 Å². The number of hydrogen-bond acceptors (Lipinski definition) is 5. The SMILES string of the molecule is CC(=O)Nc1ccc(NC(=O)[C@H](C)OC(=O)c2cc(C)ccc2O)cc1. The van der Waals surface area contributed by atoms with Crippen LogP contribution in [0.2, 0.25) is 0 Å². The summed E-state index contributed by atoms with van der Waals surface area (Å²) in [6, 6.07) is 11.0. The van der Waals surface area contributed by atoms with E-state index in [0.717, 1.165) is 5.56 Å². The molecule has 0 heterocycles. The summed E-state index contributed by atoms with van der Waals surface area (Å²) >= 11 is 0. The van der Waals surface area contributed by atoms with Crippen molar-refractivity contribution in [2.75, 3.05) is 10.6 Å². The van der Waals surface area contributed by atoms with Gasteiger partial charge in [-0.05, 0) is 50.2 Å². The molecule has 0 fully saturated rings. The van der Waals surface area contributed by atoms with Crippen molar-refractivity contribution in [3.05, 3.63) is 53.6 Å². The maximum Gasteiger partial charge on any atom is 0.342 e. The molecule has 0 spiro atoms. The first kappa shape index (κ1) is 19.0. The Morgan fingerprint density at radius 1 is 1.00 bits per heavy atom. The Hall–Kier alpha value is -3.35. The predicted molar refractivity (Wildman–Crippen MR) is 97.1 cm³/mol. The maximum absolute atomic E-state index is 12.2. The van der Waals surface area contributed by atoms with E-state index in [1.165, 1.54) is 26.0 Å². The number of amides is 2. The number of ether oxygens (including phenoxy) is 1. The molecule has 26 heavy (non-hydrogen) atoms. The van der Waals surface area contributed by atoms with E-state index in [1.807, 2.05) is 0 Å². The fourth-order valence-corrected chi connectivity index (χ4v) is 2.17. The van der Waals surface area contributed by atoms with Crippen molar-refractivity contribution in [3.8, 4) is 5.75 Å². The van der Waals surface area contributed by atoms with E-state index in [0.29, 0.717) is 11.4 Å². The Labute approximate surface area is 151 Å². The average molecular weight is 356 g/mol. The molecule has 0 radical (unpaired) electrons. The minimum atomic E-state index is -1.06. The largest absolute Gasteiger partial charge is 0.507 e. The van der Waals surface area contributed by atoms with Crippen LogP contribution in [0.4, 0.5) is 11.4 Å². The van der Waals surface area contributed by atoms with Gasteiger partial charge < -0.3 is 20.5 Å². The van der Waals surface area contributed by atoms with Crippen molar-refractivity contribution < 1.29 is 24.2 Å². The van der Waals surface area contributed by atoms with E-state index in [2.05, 4.69) is 10.6 Å². The smallest absolute Gasteiger partial charge is 0.342 e. The summed E-state index contributed by atoms with van der Waals surface area (Å²) in [5, 5.41) is 15.0. The number of nitrogens with one attached hydrogen (secondary N) is 2. The first-order valence-electron chi connectivity index (χ1n) is 7.95. The number of carbonyl (C=O) groups is 3. The molecule has 7 nitrogen and oxygen atoms in total. The average Bonchev–Trinajstić information content (AvgIpc) is 2.58. The second kappa shape index (κ2) is 8.15. The summed E-state index contributed by atoms with van der Waals surface area (Å²) in [5.41, 5.74) is 1.88. The molecule has 0 aliphatic heterocycles. The van der Waals surface area contributed by atoms with Crippen molar-refractivity contribution in [2.45, 2.75) is 26.9 Å². The Morgan fingerprint density at radius 3 is 2.15 bits per heavy atom. The molecule has 0 bridgehead atoms. The lowest BCUT2D eigenvalue weighted by Crippen LogP contribution is -2.30. The Morgan fingerprint density at radius 2 is 1.58 bits per heavy atom. The zero-order chi connectivity index (χ0) is 19.3. The molecule has 2 aromatic rings. The van der Waals surface area contributed by atoms with Gasteiger partial charge in [0.15, 0.2) is 6.10 Å². The zero-order valence-corrected chi connectivity index (χ0v) is 14.7. The lowest BCUT2D eigenvalue weighted by Gasteiger charge is -2.14. The normalized spacial score (nSPS) is 11.3. The van der Waals surface area contributed by atoms with Gasteiger partial charge in [-0.3, -0.25) is 9.59 Å². The van der Waals surface area contributed by atoms with Crippen LogP contribution in [-0.4, -0.2) is 29.0 Å². The number of rotatable bonds is 5. The third-order valence-electron chi connectivity index (χ3n) is 3.50. The molecule has 0 aliphatic rings. The van der Waals surface area contributed by atoms with Gasteiger partial charge in [0.05, 0.1) is 0 Å². The van der Waals surface area contributed by atoms with Gasteiger partial charge in [-0.2, -0.15) is 0 Å². The molecule has 3 N–H and O–H groups in total. The molecular weight excluding hydrogens is 336 g/mol. The maximum atomic E-state index is 12.2. The first-order valence-corrected chi connectivity index (χ1v) is 7.95. The van der Waals surface area contributed by atoms with Crippen LogP contribution in [0.1, 0.15) is 29.8 Å². The molecule has 2 amide bonds. The van der Waals surface area contributed by atoms with Crippen LogP contribution in [0, 0.1) is 6.92 Å². The van der Waals surface area contributed by atoms with Crippen molar-refractivity contribution in [1.82, 2.24) is 0 Å². The molecule has 0 aromatic heterocycles. The number of anilines is 2. The molecule has 2 rings (SSSR count). The number of phenols is 1. The van der Waals surface area contributed by atoms with E-state index in [1.54, 1.807) is 37.3 Å². The van der Waals surface area contributed by atoms with Gasteiger partial charge >= 0.3 is 5.97 Å². The molecular formula is C19H20N2O5. The van der Waals surface area contributed by atoms with Gasteiger partial charge in [-0.1, -0.05) is 11.6 Å². The van der Waals surface area contributed by atoms with Gasteiger partial charge in [0.25, 0.3) is 5.91 Å². The fourth-order valence-electron chi connectivity index (χ4n) is 2.17. The third kappa shape index (κ3) is 5.07. The van der Waals surface area contributed by atoms with Crippen molar-refractivity contribution in [3.63, 3.8) is 0 Å². The predicted octanol–water partition coefficient (Wildman–Crippen LogP) is 2.84. The van der Waals surface area contributed by atoms with E-state index in [9.17, 15) is 19.5 Å². The van der Waals surface area contributed by atoms with E-state index < -0.39 is 18.0 Å². The topological polar surface area (TPSA) is 105 Å². The fraction of sp³-hybridized carbons (Fsp3) is 0.211. The highest BCUT2D eigenvalue weighted by Crippen LogP contribution is 2.20. The number of hydrogen-bond donors (Lipinski definition) is 3. The van der Waals surface area contributed by atoms with Gasteiger partial charge in [-0.25, -0.2) is 4.79 Å². The summed E-state index contributed by atoms with van der Waals surface area (Å²) < 4.78 is 5.11. The van der Waals surface area contributed by atoms with E-state index in [-0.39, 0.29) is 17.2 Å². The lowest BCUT2D eigenvalue weighted by molar-refractivity contribution is -0.123. The monoisotopic (exact) mass is 356 g/mol. The van der Waals surface area contributed by atoms with Crippen LogP contribution >= 0.6 is 0 Å². The van der Waals surface area contributed by atoms with Crippen molar-refractivity contribution in [2.24, 2.45) is 0 Å². The lowest BCUT2D eigenvalue weighted by atomic mass is 10.1. The van der Waals surface area contributed by atoms with Gasteiger partial charge in [0.1, 0.15) is 11.3 Å². The summed E-state index contributed by atoms with van der Waals surface area (Å²) in [6.07, 6.45) is -1.06. The summed E-state index contributed by atoms with van der Waals surface area (Å²) in [4.78, 5) is 35.3. The van der Waals surface area contributed by atoms with Crippen LogP contribution in [0.3, 0.4) is 0 Å². The molecule has 136 valence electrons. The molecule has 0 saturated carbocycles. The molecule has 0 unspecified atom stereocenters. The van der Waals surface area contributed by atoms with Gasteiger partial charge in [0, 0.05) is 18.3 Å². The minimum absolute atomic E-state index is 0.00399. The van der Waals surface area contributed by atoms with Gasteiger partial charge in [0.2, 0.25) is 5.91 Å². The molecule has 0 aliphatic carbocycles. The summed E-state index contributed by atoms with van der Waals surface area (Å²) in [6.45, 7) is 4.61. The number of benzene rings is 2. The van der Waals surface area contributed by atoms with E-state index >= 15 is 0 Å². The van der Waals surface area contributed by atoms with Crippen LogP contribution in [-0.2, 0) is 14.3 Å². The first-order chi connectivity index (χ1) is 12.3. The highest BCUT2D eigenvalue weighted by Gasteiger charge is 2.21. The number of aromatic hydroxyl groups is 1. The third-order valence-corrected chi connectivity index (χ3v) is 3.50. The second-order valence-electron chi connectivity index (χ2n) is 5.82. The zero-order valence-electron chi connectivity index (χ0n) is 14.7. The molecule has 7 heteroatoms.